The van der Waals surface area contributed by atoms with Crippen molar-refractivity contribution in [3.63, 3.8) is 0 Å². The molecule has 1 aromatic carbocycles. The largest absolute Gasteiger partial charge is 0.341 e. The molecule has 1 aromatic rings. The molecular formula is C17H28N2O. The van der Waals surface area contributed by atoms with E-state index >= 15 is 0 Å². The molecule has 2 N–H and O–H groups in total. The van der Waals surface area contributed by atoms with E-state index in [2.05, 4.69) is 32.0 Å². The van der Waals surface area contributed by atoms with E-state index < -0.39 is 0 Å². The van der Waals surface area contributed by atoms with Gasteiger partial charge in [0.1, 0.15) is 0 Å². The predicted octanol–water partition coefficient (Wildman–Crippen LogP) is 3.11. The lowest BCUT2D eigenvalue weighted by atomic mass is 9.96. The summed E-state index contributed by atoms with van der Waals surface area (Å²) >= 11 is 0. The standard InChI is InChI=1S/C17H28N2O/c1-4-15(10-11-18)8-9-17(20)19(3)13-16-7-5-6-14(2)12-16/h5-7,12,15H,4,8-11,13,18H2,1-3H3. The van der Waals surface area contributed by atoms with Gasteiger partial charge in [0.2, 0.25) is 5.91 Å². The number of nitrogens with zero attached hydrogens (tertiary/aromatic N) is 1. The number of carbonyl (C=O) groups is 1. The highest BCUT2D eigenvalue weighted by Crippen LogP contribution is 2.16. The maximum Gasteiger partial charge on any atom is 0.222 e. The van der Waals surface area contributed by atoms with Crippen molar-refractivity contribution < 1.29 is 4.79 Å². The fraction of sp³-hybridized carbons (Fsp3) is 0.588. The van der Waals surface area contributed by atoms with Gasteiger partial charge in [0, 0.05) is 20.0 Å². The van der Waals surface area contributed by atoms with Crippen LogP contribution in [0.25, 0.3) is 0 Å². The second-order valence-electron chi connectivity index (χ2n) is 5.63. The van der Waals surface area contributed by atoms with Crippen LogP contribution >= 0.6 is 0 Å². The van der Waals surface area contributed by atoms with Gasteiger partial charge >= 0.3 is 0 Å². The molecule has 20 heavy (non-hydrogen) atoms. The van der Waals surface area contributed by atoms with E-state index in [0.29, 0.717) is 25.4 Å². The van der Waals surface area contributed by atoms with Crippen molar-refractivity contribution in [2.75, 3.05) is 13.6 Å². The molecule has 1 rings (SSSR count). The fourth-order valence-corrected chi connectivity index (χ4v) is 2.48. The Labute approximate surface area is 123 Å². The number of rotatable bonds is 8. The van der Waals surface area contributed by atoms with Crippen LogP contribution in [-0.2, 0) is 11.3 Å². The first kappa shape index (κ1) is 16.7. The Bertz CT molecular complexity index is 417. The average Bonchev–Trinajstić information content (AvgIpc) is 2.43. The van der Waals surface area contributed by atoms with Crippen LogP contribution in [-0.4, -0.2) is 24.4 Å². The van der Waals surface area contributed by atoms with E-state index in [4.69, 9.17) is 5.73 Å². The molecule has 0 bridgehead atoms. The predicted molar refractivity (Wildman–Crippen MR) is 84.3 cm³/mol. The summed E-state index contributed by atoms with van der Waals surface area (Å²) in [6, 6.07) is 8.31. The van der Waals surface area contributed by atoms with Crippen molar-refractivity contribution in [3.8, 4) is 0 Å². The first-order valence-corrected chi connectivity index (χ1v) is 7.56. The summed E-state index contributed by atoms with van der Waals surface area (Å²) in [5, 5.41) is 0. The molecule has 0 radical (unpaired) electrons. The van der Waals surface area contributed by atoms with E-state index in [-0.39, 0.29) is 5.91 Å². The Morgan fingerprint density at radius 2 is 2.10 bits per heavy atom. The first-order chi connectivity index (χ1) is 9.56. The zero-order valence-electron chi connectivity index (χ0n) is 13.1. The summed E-state index contributed by atoms with van der Waals surface area (Å²) < 4.78 is 0. The van der Waals surface area contributed by atoms with Crippen molar-refractivity contribution in [1.82, 2.24) is 4.90 Å². The highest BCUT2D eigenvalue weighted by atomic mass is 16.2. The maximum absolute atomic E-state index is 12.2. The Balaban J connectivity index is 2.42. The monoisotopic (exact) mass is 276 g/mol. The molecule has 0 saturated heterocycles. The highest BCUT2D eigenvalue weighted by molar-refractivity contribution is 5.75. The van der Waals surface area contributed by atoms with E-state index in [1.54, 1.807) is 0 Å². The van der Waals surface area contributed by atoms with Gasteiger partial charge in [-0.2, -0.15) is 0 Å². The van der Waals surface area contributed by atoms with Crippen molar-refractivity contribution in [3.05, 3.63) is 35.4 Å². The molecule has 0 heterocycles. The summed E-state index contributed by atoms with van der Waals surface area (Å²) in [7, 11) is 1.88. The molecule has 0 aliphatic heterocycles. The normalized spacial score (nSPS) is 12.2. The van der Waals surface area contributed by atoms with Crippen LogP contribution in [0.5, 0.6) is 0 Å². The Hall–Kier alpha value is -1.35. The molecule has 0 spiro atoms. The van der Waals surface area contributed by atoms with Crippen LogP contribution in [0.15, 0.2) is 24.3 Å². The van der Waals surface area contributed by atoms with Gasteiger partial charge in [0.25, 0.3) is 0 Å². The fourth-order valence-electron chi connectivity index (χ4n) is 2.48. The molecule has 1 amide bonds. The van der Waals surface area contributed by atoms with Gasteiger partial charge in [0.15, 0.2) is 0 Å². The second kappa shape index (κ2) is 8.75. The summed E-state index contributed by atoms with van der Waals surface area (Å²) in [4.78, 5) is 14.0. The number of benzene rings is 1. The van der Waals surface area contributed by atoms with Crippen LogP contribution in [0.3, 0.4) is 0 Å². The number of aryl methyl sites for hydroxylation is 1. The summed E-state index contributed by atoms with van der Waals surface area (Å²) in [6.45, 7) is 5.64. The number of nitrogens with two attached hydrogens (primary N) is 1. The smallest absolute Gasteiger partial charge is 0.222 e. The van der Waals surface area contributed by atoms with E-state index in [1.165, 1.54) is 11.1 Å². The quantitative estimate of drug-likeness (QED) is 0.793. The molecule has 0 aromatic heterocycles. The molecule has 112 valence electrons. The van der Waals surface area contributed by atoms with Gasteiger partial charge in [0.05, 0.1) is 0 Å². The lowest BCUT2D eigenvalue weighted by Crippen LogP contribution is -2.26. The maximum atomic E-state index is 12.2. The van der Waals surface area contributed by atoms with Crippen LogP contribution in [0, 0.1) is 12.8 Å². The van der Waals surface area contributed by atoms with Crippen molar-refractivity contribution in [2.45, 2.75) is 46.1 Å². The van der Waals surface area contributed by atoms with Gasteiger partial charge in [-0.1, -0.05) is 43.2 Å². The molecule has 0 aliphatic rings. The number of carbonyl (C=O) groups excluding carboxylic acids is 1. The van der Waals surface area contributed by atoms with Gasteiger partial charge in [-0.15, -0.1) is 0 Å². The zero-order chi connectivity index (χ0) is 15.0. The highest BCUT2D eigenvalue weighted by Gasteiger charge is 2.12. The van der Waals surface area contributed by atoms with Gasteiger partial charge in [-0.25, -0.2) is 0 Å². The SMILES string of the molecule is CCC(CCN)CCC(=O)N(C)Cc1cccc(C)c1. The van der Waals surface area contributed by atoms with Crippen molar-refractivity contribution >= 4 is 5.91 Å². The topological polar surface area (TPSA) is 46.3 Å². The minimum Gasteiger partial charge on any atom is -0.341 e. The van der Waals surface area contributed by atoms with Gasteiger partial charge in [-0.3, -0.25) is 4.79 Å². The van der Waals surface area contributed by atoms with Crippen molar-refractivity contribution in [1.29, 1.82) is 0 Å². The van der Waals surface area contributed by atoms with Gasteiger partial charge in [-0.05, 0) is 37.8 Å². The summed E-state index contributed by atoms with van der Waals surface area (Å²) in [5.41, 5.74) is 8.02. The van der Waals surface area contributed by atoms with E-state index in [1.807, 2.05) is 18.0 Å². The van der Waals surface area contributed by atoms with Crippen LogP contribution in [0.2, 0.25) is 0 Å². The van der Waals surface area contributed by atoms with Crippen LogP contribution < -0.4 is 5.73 Å². The molecular weight excluding hydrogens is 248 g/mol. The molecule has 3 heteroatoms. The van der Waals surface area contributed by atoms with Crippen LogP contribution in [0.4, 0.5) is 0 Å². The molecule has 3 nitrogen and oxygen atoms in total. The average molecular weight is 276 g/mol. The second-order valence-corrected chi connectivity index (χ2v) is 5.63. The molecule has 1 atom stereocenters. The summed E-state index contributed by atoms with van der Waals surface area (Å²) in [5.74, 6) is 0.804. The molecule has 1 unspecified atom stereocenters. The minimum absolute atomic E-state index is 0.224. The molecule has 0 saturated carbocycles. The third-order valence-corrected chi connectivity index (χ3v) is 3.85. The molecule has 0 fully saturated rings. The number of hydrogen-bond acceptors (Lipinski definition) is 2. The van der Waals surface area contributed by atoms with Gasteiger partial charge < -0.3 is 10.6 Å². The zero-order valence-corrected chi connectivity index (χ0v) is 13.1. The third kappa shape index (κ3) is 5.74. The number of amides is 1. The third-order valence-electron chi connectivity index (χ3n) is 3.85. The first-order valence-electron chi connectivity index (χ1n) is 7.56. The lowest BCUT2D eigenvalue weighted by Gasteiger charge is -2.19. The molecule has 0 aliphatic carbocycles. The lowest BCUT2D eigenvalue weighted by molar-refractivity contribution is -0.130. The number of hydrogen-bond donors (Lipinski definition) is 1. The Morgan fingerprint density at radius 3 is 2.70 bits per heavy atom. The van der Waals surface area contributed by atoms with Crippen LogP contribution in [0.1, 0.15) is 43.7 Å². The van der Waals surface area contributed by atoms with E-state index in [9.17, 15) is 4.79 Å². The minimum atomic E-state index is 0.224. The van der Waals surface area contributed by atoms with Crippen molar-refractivity contribution in [2.24, 2.45) is 11.7 Å². The Morgan fingerprint density at radius 1 is 1.35 bits per heavy atom. The van der Waals surface area contributed by atoms with E-state index in [0.717, 1.165) is 19.3 Å². The summed E-state index contributed by atoms with van der Waals surface area (Å²) in [6.07, 6.45) is 3.70. The Kier molecular flexibility index (Phi) is 7.31.